The molecule has 0 aliphatic rings. The van der Waals surface area contributed by atoms with Crippen molar-refractivity contribution in [2.75, 3.05) is 19.0 Å². The summed E-state index contributed by atoms with van der Waals surface area (Å²) in [5.74, 6) is -2.43. The van der Waals surface area contributed by atoms with Gasteiger partial charge in [0.1, 0.15) is 10.8 Å². The molecular formula is C19H18FNO5S. The zero-order valence-corrected chi connectivity index (χ0v) is 15.8. The van der Waals surface area contributed by atoms with Gasteiger partial charge >= 0.3 is 11.9 Å². The lowest BCUT2D eigenvalue weighted by molar-refractivity contribution is -0.142. The van der Waals surface area contributed by atoms with Crippen LogP contribution in [0.1, 0.15) is 26.4 Å². The van der Waals surface area contributed by atoms with Crippen LogP contribution in [-0.4, -0.2) is 31.6 Å². The minimum absolute atomic E-state index is 0.228. The fourth-order valence-electron chi connectivity index (χ4n) is 2.18. The first-order chi connectivity index (χ1) is 12.8. The number of hydrogen-bond acceptors (Lipinski definition) is 6. The highest BCUT2D eigenvalue weighted by Crippen LogP contribution is 2.32. The van der Waals surface area contributed by atoms with Crippen molar-refractivity contribution in [2.24, 2.45) is 0 Å². The van der Waals surface area contributed by atoms with Gasteiger partial charge in [0.05, 0.1) is 12.7 Å². The summed E-state index contributed by atoms with van der Waals surface area (Å²) >= 11 is 1.23. The van der Waals surface area contributed by atoms with E-state index in [2.05, 4.69) is 5.32 Å². The van der Waals surface area contributed by atoms with E-state index >= 15 is 0 Å². The number of amides is 1. The highest BCUT2D eigenvalue weighted by atomic mass is 32.1. The highest BCUT2D eigenvalue weighted by molar-refractivity contribution is 7.16. The molecular weight excluding hydrogens is 373 g/mol. The maximum Gasteiger partial charge on any atom is 0.341 e. The largest absolute Gasteiger partial charge is 0.465 e. The molecule has 1 aromatic heterocycles. The Bertz CT molecular complexity index is 904. The maximum atomic E-state index is 13.5. The molecule has 6 nitrogen and oxygen atoms in total. The van der Waals surface area contributed by atoms with Crippen LogP contribution < -0.4 is 5.32 Å². The van der Waals surface area contributed by atoms with Gasteiger partial charge in [-0.1, -0.05) is 18.2 Å². The molecule has 0 bridgehead atoms. The van der Waals surface area contributed by atoms with Crippen LogP contribution in [-0.2, 0) is 19.1 Å². The molecule has 0 fully saturated rings. The number of methoxy groups -OCH3 is 1. The number of esters is 2. The lowest BCUT2D eigenvalue weighted by Crippen LogP contribution is -2.21. The first-order valence-corrected chi connectivity index (χ1v) is 8.72. The minimum Gasteiger partial charge on any atom is -0.465 e. The molecule has 0 unspecified atom stereocenters. The summed E-state index contributed by atoms with van der Waals surface area (Å²) in [6.45, 7) is 3.02. The number of hydrogen-bond donors (Lipinski definition) is 1. The second-order valence-corrected chi connectivity index (χ2v) is 6.71. The summed E-state index contributed by atoms with van der Waals surface area (Å²) in [5, 5.41) is 2.88. The molecule has 1 aromatic carbocycles. The summed E-state index contributed by atoms with van der Waals surface area (Å²) in [6, 6.07) is 5.93. The van der Waals surface area contributed by atoms with Gasteiger partial charge in [0, 0.05) is 16.5 Å². The highest BCUT2D eigenvalue weighted by Gasteiger charge is 2.21. The number of ether oxygens (including phenoxy) is 2. The molecule has 27 heavy (non-hydrogen) atoms. The SMILES string of the molecule is COC(=O)c1c(NC(=O)COC(=O)/C=C/c2ccccc2F)sc(C)c1C. The summed E-state index contributed by atoms with van der Waals surface area (Å²) in [4.78, 5) is 36.4. The number of nitrogens with one attached hydrogen (secondary N) is 1. The van der Waals surface area contributed by atoms with Crippen LogP contribution in [0.2, 0.25) is 0 Å². The van der Waals surface area contributed by atoms with E-state index in [0.29, 0.717) is 10.6 Å². The molecule has 0 aliphatic heterocycles. The van der Waals surface area contributed by atoms with Gasteiger partial charge in [-0.3, -0.25) is 4.79 Å². The van der Waals surface area contributed by atoms with Gasteiger partial charge in [-0.05, 0) is 31.6 Å². The number of carbonyl (C=O) groups excluding carboxylic acids is 3. The second kappa shape index (κ2) is 9.09. The van der Waals surface area contributed by atoms with Crippen molar-refractivity contribution in [3.8, 4) is 0 Å². The average molecular weight is 391 g/mol. The first kappa shape index (κ1) is 20.3. The fraction of sp³-hybridized carbons (Fsp3) is 0.211. The molecule has 0 spiro atoms. The van der Waals surface area contributed by atoms with E-state index in [1.54, 1.807) is 13.0 Å². The third-order valence-electron chi connectivity index (χ3n) is 3.68. The van der Waals surface area contributed by atoms with E-state index in [4.69, 9.17) is 9.47 Å². The quantitative estimate of drug-likeness (QED) is 0.602. The van der Waals surface area contributed by atoms with E-state index in [9.17, 15) is 18.8 Å². The van der Waals surface area contributed by atoms with E-state index in [-0.39, 0.29) is 11.1 Å². The Kier molecular flexibility index (Phi) is 6.84. The monoisotopic (exact) mass is 391 g/mol. The van der Waals surface area contributed by atoms with Crippen LogP contribution in [0.25, 0.3) is 6.08 Å². The van der Waals surface area contributed by atoms with Crippen molar-refractivity contribution in [2.45, 2.75) is 13.8 Å². The zero-order valence-electron chi connectivity index (χ0n) is 15.0. The average Bonchev–Trinajstić information content (AvgIpc) is 2.92. The van der Waals surface area contributed by atoms with E-state index in [1.165, 1.54) is 42.7 Å². The van der Waals surface area contributed by atoms with Crippen molar-refractivity contribution in [3.63, 3.8) is 0 Å². The number of halogens is 1. The van der Waals surface area contributed by atoms with Crippen molar-refractivity contribution >= 4 is 40.3 Å². The Morgan fingerprint density at radius 3 is 2.59 bits per heavy atom. The van der Waals surface area contributed by atoms with Gasteiger partial charge in [-0.15, -0.1) is 11.3 Å². The summed E-state index contributed by atoms with van der Waals surface area (Å²) in [7, 11) is 1.25. The number of thiophene rings is 1. The van der Waals surface area contributed by atoms with Gasteiger partial charge in [0.15, 0.2) is 6.61 Å². The number of aryl methyl sites for hydroxylation is 1. The number of anilines is 1. The molecule has 1 heterocycles. The molecule has 0 saturated heterocycles. The lowest BCUT2D eigenvalue weighted by atomic mass is 10.1. The molecule has 2 rings (SSSR count). The number of rotatable bonds is 6. The minimum atomic E-state index is -0.792. The number of benzene rings is 1. The van der Waals surface area contributed by atoms with Crippen LogP contribution in [0.15, 0.2) is 30.3 Å². The van der Waals surface area contributed by atoms with E-state index < -0.39 is 30.3 Å². The third-order valence-corrected chi connectivity index (χ3v) is 4.80. The third kappa shape index (κ3) is 5.24. The summed E-state index contributed by atoms with van der Waals surface area (Å²) in [6.07, 6.45) is 2.29. The van der Waals surface area contributed by atoms with Crippen molar-refractivity contribution in [3.05, 3.63) is 57.7 Å². The molecule has 142 valence electrons. The maximum absolute atomic E-state index is 13.5. The topological polar surface area (TPSA) is 81.7 Å². The smallest absolute Gasteiger partial charge is 0.341 e. The fourth-order valence-corrected chi connectivity index (χ4v) is 3.24. The Morgan fingerprint density at radius 1 is 1.22 bits per heavy atom. The van der Waals surface area contributed by atoms with E-state index in [0.717, 1.165) is 11.0 Å². The van der Waals surface area contributed by atoms with Gasteiger partial charge < -0.3 is 14.8 Å². The lowest BCUT2D eigenvalue weighted by Gasteiger charge is -2.06. The Labute approximate surface area is 159 Å². The summed E-state index contributed by atoms with van der Waals surface area (Å²) in [5.41, 5.74) is 1.22. The van der Waals surface area contributed by atoms with Crippen LogP contribution in [0.4, 0.5) is 9.39 Å². The first-order valence-electron chi connectivity index (χ1n) is 7.91. The van der Waals surface area contributed by atoms with Crippen LogP contribution >= 0.6 is 11.3 Å². The molecule has 2 aromatic rings. The molecule has 1 amide bonds. The van der Waals surface area contributed by atoms with Crippen LogP contribution in [0, 0.1) is 19.7 Å². The van der Waals surface area contributed by atoms with E-state index in [1.807, 2.05) is 6.92 Å². The van der Waals surface area contributed by atoms with Gasteiger partial charge in [0.25, 0.3) is 5.91 Å². The van der Waals surface area contributed by atoms with Gasteiger partial charge in [-0.2, -0.15) is 0 Å². The molecule has 1 N–H and O–H groups in total. The molecule has 0 saturated carbocycles. The normalized spacial score (nSPS) is 10.7. The van der Waals surface area contributed by atoms with Crippen molar-refractivity contribution in [1.29, 1.82) is 0 Å². The Balaban J connectivity index is 1.95. The van der Waals surface area contributed by atoms with Gasteiger partial charge in [-0.25, -0.2) is 14.0 Å². The standard InChI is InChI=1S/C19H18FNO5S/c1-11-12(2)27-18(17(11)19(24)25-3)21-15(22)10-26-16(23)9-8-13-6-4-5-7-14(13)20/h4-9H,10H2,1-3H3,(H,21,22)/b9-8+. The van der Waals surface area contributed by atoms with Crippen molar-refractivity contribution < 1.29 is 28.2 Å². The van der Waals surface area contributed by atoms with Gasteiger partial charge in [0.2, 0.25) is 0 Å². The van der Waals surface area contributed by atoms with Crippen molar-refractivity contribution in [1.82, 2.24) is 0 Å². The molecule has 0 atom stereocenters. The summed E-state index contributed by atoms with van der Waals surface area (Å²) < 4.78 is 23.0. The number of carbonyl (C=O) groups is 3. The Hall–Kier alpha value is -3.00. The molecule has 0 aliphatic carbocycles. The van der Waals surface area contributed by atoms with Crippen LogP contribution in [0.5, 0.6) is 0 Å². The predicted octanol–water partition coefficient (Wildman–Crippen LogP) is 3.49. The van der Waals surface area contributed by atoms with Crippen LogP contribution in [0.3, 0.4) is 0 Å². The molecule has 8 heteroatoms. The molecule has 0 radical (unpaired) electrons. The second-order valence-electron chi connectivity index (χ2n) is 5.49. The Morgan fingerprint density at radius 2 is 1.93 bits per heavy atom. The predicted molar refractivity (Wildman–Crippen MR) is 100 cm³/mol. The zero-order chi connectivity index (χ0) is 20.0.